The molecule has 30 heavy (non-hydrogen) atoms. The summed E-state index contributed by atoms with van der Waals surface area (Å²) in [5.74, 6) is -0.398. The van der Waals surface area contributed by atoms with Crippen LogP contribution in [0.2, 0.25) is 0 Å². The van der Waals surface area contributed by atoms with Crippen LogP contribution < -0.4 is 10.2 Å². The third-order valence-electron chi connectivity index (χ3n) is 4.60. The van der Waals surface area contributed by atoms with Crippen molar-refractivity contribution in [1.29, 1.82) is 0 Å². The van der Waals surface area contributed by atoms with Gasteiger partial charge in [0.25, 0.3) is 5.91 Å². The molecule has 7 nitrogen and oxygen atoms in total. The Bertz CT molecular complexity index is 936. The molecule has 4 rings (SSSR count). The molecule has 0 bridgehead atoms. The fourth-order valence-corrected chi connectivity index (χ4v) is 3.24. The van der Waals surface area contributed by atoms with Crippen LogP contribution in [-0.2, 0) is 6.42 Å². The van der Waals surface area contributed by atoms with Crippen LogP contribution >= 0.6 is 0 Å². The number of halogens is 1. The van der Waals surface area contributed by atoms with Gasteiger partial charge in [-0.1, -0.05) is 27.2 Å². The van der Waals surface area contributed by atoms with E-state index in [1.165, 1.54) is 25.2 Å². The van der Waals surface area contributed by atoms with Crippen molar-refractivity contribution in [2.24, 2.45) is 0 Å². The molecule has 0 radical (unpaired) electrons. The van der Waals surface area contributed by atoms with Gasteiger partial charge in [0.2, 0.25) is 0 Å². The van der Waals surface area contributed by atoms with Crippen molar-refractivity contribution in [2.45, 2.75) is 46.5 Å². The van der Waals surface area contributed by atoms with Crippen molar-refractivity contribution in [3.63, 3.8) is 0 Å². The summed E-state index contributed by atoms with van der Waals surface area (Å²) in [5, 5.41) is 6.51. The number of amides is 1. The lowest BCUT2D eigenvalue weighted by Gasteiger charge is -2.20. The lowest BCUT2D eigenvalue weighted by Crippen LogP contribution is -2.20. The maximum Gasteiger partial charge on any atom is 0.256 e. The van der Waals surface area contributed by atoms with Crippen LogP contribution in [0.3, 0.4) is 0 Å². The number of nitrogens with one attached hydrogen (secondary N) is 1. The minimum atomic E-state index is -0.225. The minimum Gasteiger partial charge on any atom is -0.370 e. The maximum absolute atomic E-state index is 13.2. The van der Waals surface area contributed by atoms with Crippen LogP contribution in [0.4, 0.5) is 10.1 Å². The Kier molecular flexibility index (Phi) is 9.18. The molecule has 0 aliphatic carbocycles. The van der Waals surface area contributed by atoms with Gasteiger partial charge in [-0.25, -0.2) is 13.9 Å². The van der Waals surface area contributed by atoms with Gasteiger partial charge in [0, 0.05) is 38.6 Å². The molecule has 0 unspecified atom stereocenters. The van der Waals surface area contributed by atoms with Crippen molar-refractivity contribution in [3.05, 3.63) is 54.0 Å². The number of carbonyl (C=O) groups is 1. The van der Waals surface area contributed by atoms with Crippen LogP contribution in [0.25, 0.3) is 5.65 Å². The van der Waals surface area contributed by atoms with E-state index in [1.54, 1.807) is 36.1 Å². The first kappa shape index (κ1) is 23.3. The van der Waals surface area contributed by atoms with Gasteiger partial charge in [0.05, 0.1) is 23.8 Å². The summed E-state index contributed by atoms with van der Waals surface area (Å²) in [7, 11) is 1.58. The molecule has 1 aliphatic rings. The van der Waals surface area contributed by atoms with Gasteiger partial charge in [-0.05, 0) is 25.3 Å². The fourth-order valence-electron chi connectivity index (χ4n) is 3.24. The molecule has 0 spiro atoms. The summed E-state index contributed by atoms with van der Waals surface area (Å²) >= 11 is 0. The normalized spacial score (nSPS) is 12.6. The Morgan fingerprint density at radius 3 is 2.60 bits per heavy atom. The predicted molar refractivity (Wildman–Crippen MR) is 117 cm³/mol. The van der Waals surface area contributed by atoms with Gasteiger partial charge in [-0.15, -0.1) is 0 Å². The number of hydrogen-bond acceptors (Lipinski definition) is 5. The number of aryl methyl sites for hydroxylation is 1. The SMILES string of the molecule is CC.CCCc1ncc(F)cc1N1CCCC1.CNC(=O)c1cnn2cccnc12. The van der Waals surface area contributed by atoms with Crippen LogP contribution in [0, 0.1) is 5.82 Å². The number of fused-ring (bicyclic) bond motifs is 1. The number of rotatable bonds is 4. The zero-order chi connectivity index (χ0) is 21.9. The van der Waals surface area contributed by atoms with Crippen molar-refractivity contribution in [3.8, 4) is 0 Å². The third kappa shape index (κ3) is 5.75. The second-order valence-corrected chi connectivity index (χ2v) is 6.59. The Labute approximate surface area is 177 Å². The molecule has 4 heterocycles. The Morgan fingerprint density at radius 1 is 1.20 bits per heavy atom. The monoisotopic (exact) mass is 414 g/mol. The summed E-state index contributed by atoms with van der Waals surface area (Å²) in [6.45, 7) is 8.21. The molecule has 3 aromatic heterocycles. The Morgan fingerprint density at radius 2 is 1.93 bits per heavy atom. The molecule has 0 aromatic carbocycles. The molecule has 0 saturated carbocycles. The average Bonchev–Trinajstić information content (AvgIpc) is 3.47. The van der Waals surface area contributed by atoms with Gasteiger partial charge in [-0.3, -0.25) is 9.78 Å². The van der Waals surface area contributed by atoms with E-state index in [9.17, 15) is 9.18 Å². The van der Waals surface area contributed by atoms with E-state index in [0.717, 1.165) is 37.3 Å². The fraction of sp³-hybridized carbons (Fsp3) is 0.455. The number of nitrogens with zero attached hydrogens (tertiary/aromatic N) is 5. The Balaban J connectivity index is 0.000000199. The largest absolute Gasteiger partial charge is 0.370 e. The van der Waals surface area contributed by atoms with E-state index in [2.05, 4.69) is 32.2 Å². The summed E-state index contributed by atoms with van der Waals surface area (Å²) in [5.41, 5.74) is 3.11. The summed E-state index contributed by atoms with van der Waals surface area (Å²) < 4.78 is 14.7. The summed E-state index contributed by atoms with van der Waals surface area (Å²) in [4.78, 5) is 21.8. The van der Waals surface area contributed by atoms with Crippen molar-refractivity contribution in [1.82, 2.24) is 24.9 Å². The third-order valence-corrected chi connectivity index (χ3v) is 4.60. The summed E-state index contributed by atoms with van der Waals surface area (Å²) in [6.07, 6.45) is 10.6. The molecule has 1 fully saturated rings. The number of anilines is 1. The van der Waals surface area contributed by atoms with Gasteiger partial charge < -0.3 is 10.2 Å². The van der Waals surface area contributed by atoms with Crippen molar-refractivity contribution < 1.29 is 9.18 Å². The molecule has 162 valence electrons. The number of pyridine rings is 1. The standard InChI is InChI=1S/C12H17FN2.C8H8N4O.C2H6/c1-2-5-11-12(8-10(13)9-14-11)15-6-3-4-7-15;1-9-8(13)6-5-11-12-4-2-3-10-7(6)12;1-2/h8-9H,2-7H2,1H3;2-5H,1H3,(H,9,13);1-2H3. The van der Waals surface area contributed by atoms with Gasteiger partial charge in [0.15, 0.2) is 5.65 Å². The lowest BCUT2D eigenvalue weighted by molar-refractivity contribution is 0.0964. The van der Waals surface area contributed by atoms with Gasteiger partial charge in [-0.2, -0.15) is 5.10 Å². The lowest BCUT2D eigenvalue weighted by atomic mass is 10.2. The van der Waals surface area contributed by atoms with Gasteiger partial charge >= 0.3 is 0 Å². The Hall–Kier alpha value is -3.03. The highest BCUT2D eigenvalue weighted by Gasteiger charge is 2.16. The van der Waals surface area contributed by atoms with Crippen LogP contribution in [0.5, 0.6) is 0 Å². The molecule has 1 N–H and O–H groups in total. The highest BCUT2D eigenvalue weighted by atomic mass is 19.1. The molecule has 8 heteroatoms. The highest BCUT2D eigenvalue weighted by molar-refractivity contribution is 5.99. The maximum atomic E-state index is 13.2. The zero-order valence-electron chi connectivity index (χ0n) is 18.2. The van der Waals surface area contributed by atoms with Crippen LogP contribution in [0.1, 0.15) is 56.1 Å². The minimum absolute atomic E-state index is 0.172. The van der Waals surface area contributed by atoms with Crippen molar-refractivity contribution >= 4 is 17.2 Å². The topological polar surface area (TPSA) is 75.4 Å². The van der Waals surface area contributed by atoms with E-state index in [1.807, 2.05) is 13.8 Å². The smallest absolute Gasteiger partial charge is 0.256 e. The van der Waals surface area contributed by atoms with E-state index in [0.29, 0.717) is 11.2 Å². The van der Waals surface area contributed by atoms with E-state index < -0.39 is 0 Å². The van der Waals surface area contributed by atoms with Crippen molar-refractivity contribution in [2.75, 3.05) is 25.0 Å². The molecule has 3 aromatic rings. The second kappa shape index (κ2) is 11.8. The van der Waals surface area contributed by atoms with E-state index >= 15 is 0 Å². The van der Waals surface area contributed by atoms with Gasteiger partial charge in [0.1, 0.15) is 11.4 Å². The first-order chi connectivity index (χ1) is 14.6. The highest BCUT2D eigenvalue weighted by Crippen LogP contribution is 2.24. The number of aromatic nitrogens is 4. The van der Waals surface area contributed by atoms with Crippen LogP contribution in [0.15, 0.2) is 36.9 Å². The van der Waals surface area contributed by atoms with E-state index in [4.69, 9.17) is 0 Å². The molecular formula is C22H31FN6O. The zero-order valence-corrected chi connectivity index (χ0v) is 18.2. The average molecular weight is 415 g/mol. The molecule has 1 amide bonds. The van der Waals surface area contributed by atoms with Crippen LogP contribution in [-0.4, -0.2) is 45.6 Å². The molecule has 0 atom stereocenters. The summed E-state index contributed by atoms with van der Waals surface area (Å²) in [6, 6.07) is 3.39. The van der Waals surface area contributed by atoms with E-state index in [-0.39, 0.29) is 11.7 Å². The molecule has 1 saturated heterocycles. The predicted octanol–water partition coefficient (Wildman–Crippen LogP) is 3.89. The molecular weight excluding hydrogens is 383 g/mol. The number of carbonyl (C=O) groups excluding carboxylic acids is 1. The molecule has 1 aliphatic heterocycles. The quantitative estimate of drug-likeness (QED) is 0.701. The first-order valence-corrected chi connectivity index (χ1v) is 10.5. The number of hydrogen-bond donors (Lipinski definition) is 1. The second-order valence-electron chi connectivity index (χ2n) is 6.59. The first-order valence-electron chi connectivity index (χ1n) is 10.5.